The van der Waals surface area contributed by atoms with E-state index >= 15 is 0 Å². The second-order valence-electron chi connectivity index (χ2n) is 5.15. The molecule has 0 aliphatic rings. The molecule has 1 amide bonds. The largest absolute Gasteiger partial charge is 0.346 e. The van der Waals surface area contributed by atoms with Gasteiger partial charge in [0.1, 0.15) is 11.6 Å². The number of hydrogen-bond donors (Lipinski definition) is 2. The number of fused-ring (bicyclic) bond motifs is 1. The number of benzene rings is 2. The van der Waals surface area contributed by atoms with Gasteiger partial charge in [0.2, 0.25) is 5.91 Å². The lowest BCUT2D eigenvalue weighted by atomic mass is 10.3. The minimum Gasteiger partial charge on any atom is -0.346 e. The number of imidazole rings is 1. The number of amides is 1. The maximum atomic E-state index is 13.5. The minimum absolute atomic E-state index is 0.158. The number of H-pyrrole nitrogens is 1. The average molecular weight is 329 g/mol. The zero-order valence-corrected chi connectivity index (χ0v) is 13.4. The maximum absolute atomic E-state index is 13.5. The Hall–Kier alpha value is -2.34. The topological polar surface area (TPSA) is 57.8 Å². The molecule has 2 N–H and O–H groups in total. The molecule has 23 heavy (non-hydrogen) atoms. The van der Waals surface area contributed by atoms with Gasteiger partial charge in [0.05, 0.1) is 22.8 Å². The molecule has 3 aromatic rings. The highest BCUT2D eigenvalue weighted by Crippen LogP contribution is 2.21. The van der Waals surface area contributed by atoms with Gasteiger partial charge in [-0.3, -0.25) is 4.79 Å². The summed E-state index contributed by atoms with van der Waals surface area (Å²) in [7, 11) is 0. The van der Waals surface area contributed by atoms with Gasteiger partial charge in [0.15, 0.2) is 0 Å². The number of aromatic nitrogens is 2. The van der Waals surface area contributed by atoms with Crippen molar-refractivity contribution in [3.63, 3.8) is 0 Å². The summed E-state index contributed by atoms with van der Waals surface area (Å²) in [6, 6.07) is 13.9. The highest BCUT2D eigenvalue weighted by molar-refractivity contribution is 8.00. The van der Waals surface area contributed by atoms with Crippen LogP contribution in [0.3, 0.4) is 0 Å². The first-order chi connectivity index (χ1) is 11.1. The number of para-hydroxylation sites is 2. The summed E-state index contributed by atoms with van der Waals surface area (Å²) >= 11 is 1.18. The summed E-state index contributed by atoms with van der Waals surface area (Å²) in [4.78, 5) is 20.2. The van der Waals surface area contributed by atoms with Crippen LogP contribution < -0.4 is 5.32 Å². The van der Waals surface area contributed by atoms with Crippen LogP contribution in [0.2, 0.25) is 0 Å². The van der Waals surface area contributed by atoms with Crippen molar-refractivity contribution in [2.24, 2.45) is 0 Å². The molecule has 1 heterocycles. The Morgan fingerprint density at radius 2 is 2.00 bits per heavy atom. The fourth-order valence-corrected chi connectivity index (χ4v) is 2.98. The van der Waals surface area contributed by atoms with Gasteiger partial charge in [0, 0.05) is 4.90 Å². The summed E-state index contributed by atoms with van der Waals surface area (Å²) in [6.07, 6.45) is 0. The Morgan fingerprint density at radius 3 is 2.78 bits per heavy atom. The zero-order valence-electron chi connectivity index (χ0n) is 12.5. The van der Waals surface area contributed by atoms with E-state index in [1.54, 1.807) is 18.2 Å². The molecule has 0 radical (unpaired) electrons. The van der Waals surface area contributed by atoms with Crippen molar-refractivity contribution < 1.29 is 9.18 Å². The molecule has 0 saturated carbocycles. The molecule has 1 aromatic heterocycles. The molecule has 6 heteroatoms. The number of thioether (sulfide) groups is 1. The van der Waals surface area contributed by atoms with Gasteiger partial charge in [-0.1, -0.05) is 24.3 Å². The molecule has 3 rings (SSSR count). The van der Waals surface area contributed by atoms with Gasteiger partial charge in [-0.15, -0.1) is 11.8 Å². The van der Waals surface area contributed by atoms with Crippen molar-refractivity contribution in [3.05, 3.63) is 60.2 Å². The Balaban J connectivity index is 1.60. The predicted molar refractivity (Wildman–Crippen MR) is 89.8 cm³/mol. The summed E-state index contributed by atoms with van der Waals surface area (Å²) in [5.74, 6) is 0.392. The highest BCUT2D eigenvalue weighted by Gasteiger charge is 2.14. The number of nitrogens with one attached hydrogen (secondary N) is 2. The Bertz CT molecular complexity index is 800. The highest BCUT2D eigenvalue weighted by atomic mass is 32.2. The fraction of sp³-hybridized carbons (Fsp3) is 0.176. The fourth-order valence-electron chi connectivity index (χ4n) is 2.23. The quantitative estimate of drug-likeness (QED) is 0.702. The lowest BCUT2D eigenvalue weighted by molar-refractivity contribution is -0.119. The first-order valence-electron chi connectivity index (χ1n) is 7.25. The van der Waals surface area contributed by atoms with Crippen LogP contribution in [-0.2, 0) is 4.79 Å². The third-order valence-electron chi connectivity index (χ3n) is 3.39. The van der Waals surface area contributed by atoms with E-state index in [0.29, 0.717) is 10.7 Å². The summed E-state index contributed by atoms with van der Waals surface area (Å²) in [5, 5.41) is 2.87. The van der Waals surface area contributed by atoms with Crippen LogP contribution >= 0.6 is 11.8 Å². The molecular formula is C17H16FN3OS. The number of rotatable bonds is 5. The van der Waals surface area contributed by atoms with Gasteiger partial charge in [-0.2, -0.15) is 0 Å². The number of aromatic amines is 1. The van der Waals surface area contributed by atoms with Gasteiger partial charge in [-0.25, -0.2) is 9.37 Å². The van der Waals surface area contributed by atoms with Crippen LogP contribution in [0.15, 0.2) is 53.4 Å². The Kier molecular flexibility index (Phi) is 4.62. The van der Waals surface area contributed by atoms with Crippen LogP contribution in [0.1, 0.15) is 18.8 Å². The SMILES string of the molecule is C[C@@H](NC(=O)CSc1ccccc1F)c1nc2ccccc2[nH]1. The molecule has 1 atom stereocenters. The average Bonchev–Trinajstić information content (AvgIpc) is 2.98. The van der Waals surface area contributed by atoms with Crippen LogP contribution in [0.5, 0.6) is 0 Å². The third kappa shape index (κ3) is 3.71. The smallest absolute Gasteiger partial charge is 0.230 e. The monoisotopic (exact) mass is 329 g/mol. The van der Waals surface area contributed by atoms with E-state index in [-0.39, 0.29) is 23.5 Å². The molecule has 0 fully saturated rings. The lowest BCUT2D eigenvalue weighted by Gasteiger charge is -2.11. The molecule has 0 aliphatic carbocycles. The molecule has 118 valence electrons. The van der Waals surface area contributed by atoms with E-state index in [0.717, 1.165) is 11.0 Å². The van der Waals surface area contributed by atoms with Crippen LogP contribution in [0.25, 0.3) is 11.0 Å². The Labute approximate surface area is 137 Å². The molecule has 0 unspecified atom stereocenters. The number of hydrogen-bond acceptors (Lipinski definition) is 3. The van der Waals surface area contributed by atoms with Crippen molar-refractivity contribution in [3.8, 4) is 0 Å². The van der Waals surface area contributed by atoms with Gasteiger partial charge >= 0.3 is 0 Å². The number of halogens is 1. The Morgan fingerprint density at radius 1 is 1.26 bits per heavy atom. The van der Waals surface area contributed by atoms with E-state index in [1.807, 2.05) is 31.2 Å². The first kappa shape index (κ1) is 15.6. The second kappa shape index (κ2) is 6.83. The third-order valence-corrected chi connectivity index (χ3v) is 4.44. The van der Waals surface area contributed by atoms with Gasteiger partial charge in [-0.05, 0) is 31.2 Å². The van der Waals surface area contributed by atoms with E-state index in [9.17, 15) is 9.18 Å². The van der Waals surface area contributed by atoms with Crippen molar-refractivity contribution >= 4 is 28.7 Å². The van der Waals surface area contributed by atoms with Gasteiger partial charge in [0.25, 0.3) is 0 Å². The number of carbonyl (C=O) groups is 1. The predicted octanol–water partition coefficient (Wildman–Crippen LogP) is 3.67. The van der Waals surface area contributed by atoms with Crippen molar-refractivity contribution in [1.82, 2.24) is 15.3 Å². The normalized spacial score (nSPS) is 12.3. The second-order valence-corrected chi connectivity index (χ2v) is 6.16. The molecule has 2 aromatic carbocycles. The molecule has 4 nitrogen and oxygen atoms in total. The molecule has 0 aliphatic heterocycles. The van der Waals surface area contributed by atoms with Crippen molar-refractivity contribution in [2.75, 3.05) is 5.75 Å². The molecular weight excluding hydrogens is 313 g/mol. The molecule has 0 spiro atoms. The molecule has 0 saturated heterocycles. The summed E-state index contributed by atoms with van der Waals surface area (Å²) in [6.45, 7) is 1.86. The minimum atomic E-state index is -0.310. The van der Waals surface area contributed by atoms with Crippen LogP contribution in [0.4, 0.5) is 4.39 Å². The summed E-state index contributed by atoms with van der Waals surface area (Å²) < 4.78 is 13.5. The summed E-state index contributed by atoms with van der Waals surface area (Å²) in [5.41, 5.74) is 1.80. The van der Waals surface area contributed by atoms with E-state index in [4.69, 9.17) is 0 Å². The van der Waals surface area contributed by atoms with Crippen molar-refractivity contribution in [2.45, 2.75) is 17.9 Å². The van der Waals surface area contributed by atoms with E-state index < -0.39 is 0 Å². The first-order valence-corrected chi connectivity index (χ1v) is 8.23. The zero-order chi connectivity index (χ0) is 16.2. The van der Waals surface area contributed by atoms with E-state index in [1.165, 1.54) is 17.8 Å². The maximum Gasteiger partial charge on any atom is 0.230 e. The standard InChI is InChI=1S/C17H16FN3OS/c1-11(17-20-13-7-3-4-8-14(13)21-17)19-16(22)10-23-15-9-5-2-6-12(15)18/h2-9,11H,10H2,1H3,(H,19,22)(H,20,21)/t11-/m1/s1. The van der Waals surface area contributed by atoms with Crippen LogP contribution in [-0.4, -0.2) is 21.6 Å². The van der Waals surface area contributed by atoms with E-state index in [2.05, 4.69) is 15.3 Å². The van der Waals surface area contributed by atoms with Crippen LogP contribution in [0, 0.1) is 5.82 Å². The van der Waals surface area contributed by atoms with Crippen molar-refractivity contribution in [1.29, 1.82) is 0 Å². The van der Waals surface area contributed by atoms with Gasteiger partial charge < -0.3 is 10.3 Å². The number of nitrogens with zero attached hydrogens (tertiary/aromatic N) is 1. The number of carbonyl (C=O) groups excluding carboxylic acids is 1. The molecule has 0 bridgehead atoms. The lowest BCUT2D eigenvalue weighted by Crippen LogP contribution is -2.28.